The van der Waals surface area contributed by atoms with Crippen molar-refractivity contribution in [3.63, 3.8) is 0 Å². The molecule has 6 nitrogen and oxygen atoms in total. The van der Waals surface area contributed by atoms with Gasteiger partial charge in [0.05, 0.1) is 5.69 Å². The molecule has 1 aromatic heterocycles. The largest absolute Gasteiger partial charge is 0.396 e. The molecule has 98 valence electrons. The van der Waals surface area contributed by atoms with E-state index in [-0.39, 0.29) is 29.1 Å². The van der Waals surface area contributed by atoms with Gasteiger partial charge in [0.15, 0.2) is 0 Å². The first-order valence-electron chi connectivity index (χ1n) is 5.09. The molecular formula is C9H16ClN3O3S. The lowest BCUT2D eigenvalue weighted by atomic mass is 10.2. The lowest BCUT2D eigenvalue weighted by Gasteiger charge is -2.10. The second kappa shape index (κ2) is 5.34. The SMILES string of the molecule is Cc1nn(C)c(Cl)c1S(=O)(=O)NCC(C)CO. The number of nitrogens with zero attached hydrogens (tertiary/aromatic N) is 2. The van der Waals surface area contributed by atoms with E-state index in [1.54, 1.807) is 20.9 Å². The summed E-state index contributed by atoms with van der Waals surface area (Å²) in [5.74, 6) is -0.152. The maximum Gasteiger partial charge on any atom is 0.245 e. The summed E-state index contributed by atoms with van der Waals surface area (Å²) in [5.41, 5.74) is 0.349. The Balaban J connectivity index is 2.98. The number of sulfonamides is 1. The van der Waals surface area contributed by atoms with Gasteiger partial charge in [-0.3, -0.25) is 4.68 Å². The Kier molecular flexibility index (Phi) is 4.54. The summed E-state index contributed by atoms with van der Waals surface area (Å²) in [6.45, 7) is 3.39. The molecule has 0 bridgehead atoms. The van der Waals surface area contributed by atoms with Crippen molar-refractivity contribution >= 4 is 21.6 Å². The molecule has 2 N–H and O–H groups in total. The molecule has 0 spiro atoms. The Bertz CT molecular complexity index is 498. The minimum atomic E-state index is -3.68. The van der Waals surface area contributed by atoms with Crippen molar-refractivity contribution in [1.29, 1.82) is 0 Å². The minimum Gasteiger partial charge on any atom is -0.396 e. The highest BCUT2D eigenvalue weighted by molar-refractivity contribution is 7.89. The minimum absolute atomic E-state index is 0.00759. The first-order chi connectivity index (χ1) is 7.79. The van der Waals surface area contributed by atoms with Gasteiger partial charge >= 0.3 is 0 Å². The Labute approximate surface area is 106 Å². The van der Waals surface area contributed by atoms with Gasteiger partial charge in [-0.1, -0.05) is 18.5 Å². The van der Waals surface area contributed by atoms with Gasteiger partial charge < -0.3 is 5.11 Å². The fraction of sp³-hybridized carbons (Fsp3) is 0.667. The predicted molar refractivity (Wildman–Crippen MR) is 64.4 cm³/mol. The number of nitrogens with one attached hydrogen (secondary N) is 1. The van der Waals surface area contributed by atoms with Gasteiger partial charge in [0.2, 0.25) is 10.0 Å². The van der Waals surface area contributed by atoms with Crippen LogP contribution in [0.4, 0.5) is 0 Å². The van der Waals surface area contributed by atoms with Crippen LogP contribution in [0.15, 0.2) is 4.90 Å². The molecule has 1 aromatic rings. The molecule has 1 rings (SSSR count). The van der Waals surface area contributed by atoms with Gasteiger partial charge in [-0.2, -0.15) is 5.10 Å². The Morgan fingerprint density at radius 1 is 1.59 bits per heavy atom. The average molecular weight is 282 g/mol. The molecule has 0 fully saturated rings. The van der Waals surface area contributed by atoms with Crippen LogP contribution in [-0.2, 0) is 17.1 Å². The maximum atomic E-state index is 12.0. The molecule has 1 atom stereocenters. The van der Waals surface area contributed by atoms with E-state index < -0.39 is 10.0 Å². The molecule has 0 aliphatic rings. The zero-order valence-corrected chi connectivity index (χ0v) is 11.5. The molecule has 0 saturated carbocycles. The van der Waals surface area contributed by atoms with Crippen LogP contribution in [-0.4, -0.2) is 36.5 Å². The molecular weight excluding hydrogens is 266 g/mol. The smallest absolute Gasteiger partial charge is 0.245 e. The molecule has 0 amide bonds. The summed E-state index contributed by atoms with van der Waals surface area (Å²) in [7, 11) is -2.11. The lowest BCUT2D eigenvalue weighted by Crippen LogP contribution is -2.30. The van der Waals surface area contributed by atoms with E-state index in [1.165, 1.54) is 4.68 Å². The Hall–Kier alpha value is -0.630. The zero-order chi connectivity index (χ0) is 13.2. The number of hydrogen-bond donors (Lipinski definition) is 2. The summed E-state index contributed by atoms with van der Waals surface area (Å²) >= 11 is 5.88. The molecule has 1 unspecified atom stereocenters. The second-order valence-electron chi connectivity index (χ2n) is 3.97. The topological polar surface area (TPSA) is 84.2 Å². The van der Waals surface area contributed by atoms with E-state index in [0.717, 1.165) is 0 Å². The van der Waals surface area contributed by atoms with E-state index in [9.17, 15) is 8.42 Å². The van der Waals surface area contributed by atoms with Gasteiger partial charge in [-0.25, -0.2) is 13.1 Å². The van der Waals surface area contributed by atoms with E-state index in [1.807, 2.05) is 0 Å². The molecule has 0 aromatic carbocycles. The molecule has 0 aliphatic carbocycles. The maximum absolute atomic E-state index is 12.0. The van der Waals surface area contributed by atoms with Crippen LogP contribution in [0.5, 0.6) is 0 Å². The first kappa shape index (κ1) is 14.4. The highest BCUT2D eigenvalue weighted by atomic mass is 35.5. The predicted octanol–water partition coefficient (Wildman–Crippen LogP) is 0.289. The van der Waals surface area contributed by atoms with Crippen LogP contribution in [0.2, 0.25) is 5.15 Å². The van der Waals surface area contributed by atoms with Gasteiger partial charge in [-0.05, 0) is 12.8 Å². The third-order valence-corrected chi connectivity index (χ3v) is 4.42. The molecule has 0 radical (unpaired) electrons. The third-order valence-electron chi connectivity index (χ3n) is 2.30. The van der Waals surface area contributed by atoms with Crippen molar-refractivity contribution in [1.82, 2.24) is 14.5 Å². The summed E-state index contributed by atoms with van der Waals surface area (Å²) in [6.07, 6.45) is 0. The van der Waals surface area contributed by atoms with Gasteiger partial charge in [-0.15, -0.1) is 0 Å². The Morgan fingerprint density at radius 2 is 2.18 bits per heavy atom. The number of rotatable bonds is 5. The van der Waals surface area contributed by atoms with Crippen molar-refractivity contribution in [2.45, 2.75) is 18.7 Å². The van der Waals surface area contributed by atoms with Gasteiger partial charge in [0.1, 0.15) is 10.0 Å². The standard InChI is InChI=1S/C9H16ClN3O3S/c1-6(5-14)4-11-17(15,16)8-7(2)12-13(3)9(8)10/h6,11,14H,4-5H2,1-3H3. The van der Waals surface area contributed by atoms with Crippen molar-refractivity contribution in [2.24, 2.45) is 13.0 Å². The van der Waals surface area contributed by atoms with E-state index in [4.69, 9.17) is 16.7 Å². The highest BCUT2D eigenvalue weighted by Gasteiger charge is 2.25. The van der Waals surface area contributed by atoms with Crippen molar-refractivity contribution in [2.75, 3.05) is 13.2 Å². The van der Waals surface area contributed by atoms with Gasteiger partial charge in [0, 0.05) is 20.2 Å². The molecule has 0 aliphatic heterocycles. The number of halogens is 1. The number of aromatic nitrogens is 2. The summed E-state index contributed by atoms with van der Waals surface area (Å²) in [4.78, 5) is -0.00759. The Morgan fingerprint density at radius 3 is 2.59 bits per heavy atom. The van der Waals surface area contributed by atoms with Crippen molar-refractivity contribution < 1.29 is 13.5 Å². The fourth-order valence-electron chi connectivity index (χ4n) is 1.30. The van der Waals surface area contributed by atoms with Crippen LogP contribution in [0.3, 0.4) is 0 Å². The van der Waals surface area contributed by atoms with Crippen LogP contribution in [0.1, 0.15) is 12.6 Å². The molecule has 17 heavy (non-hydrogen) atoms. The number of aliphatic hydroxyl groups excluding tert-OH is 1. The summed E-state index contributed by atoms with van der Waals surface area (Å²) in [5, 5.41) is 12.9. The van der Waals surface area contributed by atoms with Crippen LogP contribution in [0, 0.1) is 12.8 Å². The second-order valence-corrected chi connectivity index (χ2v) is 6.03. The average Bonchev–Trinajstić information content (AvgIpc) is 2.50. The van der Waals surface area contributed by atoms with Crippen molar-refractivity contribution in [3.05, 3.63) is 10.8 Å². The molecule has 0 saturated heterocycles. The molecule has 1 heterocycles. The van der Waals surface area contributed by atoms with E-state index in [0.29, 0.717) is 5.69 Å². The third kappa shape index (κ3) is 3.19. The zero-order valence-electron chi connectivity index (χ0n) is 9.94. The summed E-state index contributed by atoms with van der Waals surface area (Å²) in [6, 6.07) is 0. The van der Waals surface area contributed by atoms with E-state index in [2.05, 4.69) is 9.82 Å². The quantitative estimate of drug-likeness (QED) is 0.812. The molecule has 8 heteroatoms. The number of hydrogen-bond acceptors (Lipinski definition) is 4. The first-order valence-corrected chi connectivity index (χ1v) is 6.95. The number of aliphatic hydroxyl groups is 1. The van der Waals surface area contributed by atoms with Crippen LogP contribution in [0.25, 0.3) is 0 Å². The normalized spacial score (nSPS) is 13.9. The van der Waals surface area contributed by atoms with Gasteiger partial charge in [0.25, 0.3) is 0 Å². The lowest BCUT2D eigenvalue weighted by molar-refractivity contribution is 0.238. The van der Waals surface area contributed by atoms with Crippen LogP contribution >= 0.6 is 11.6 Å². The highest BCUT2D eigenvalue weighted by Crippen LogP contribution is 2.23. The summed E-state index contributed by atoms with van der Waals surface area (Å²) < 4.78 is 27.7. The fourth-order valence-corrected chi connectivity index (χ4v) is 3.22. The van der Waals surface area contributed by atoms with Crippen LogP contribution < -0.4 is 4.72 Å². The monoisotopic (exact) mass is 281 g/mol. The number of aryl methyl sites for hydroxylation is 2. The van der Waals surface area contributed by atoms with E-state index >= 15 is 0 Å². The van der Waals surface area contributed by atoms with Crippen molar-refractivity contribution in [3.8, 4) is 0 Å².